The van der Waals surface area contributed by atoms with Gasteiger partial charge in [0, 0.05) is 16.6 Å². The van der Waals surface area contributed by atoms with Crippen LogP contribution in [0.4, 0.5) is 5.69 Å². The molecule has 0 aromatic heterocycles. The van der Waals surface area contributed by atoms with Gasteiger partial charge in [-0.05, 0) is 36.6 Å². The topological polar surface area (TPSA) is 73.9 Å². The number of anilines is 1. The highest BCUT2D eigenvalue weighted by Crippen LogP contribution is 2.32. The number of carbonyl (C=O) groups excluding carboxylic acids is 2. The van der Waals surface area contributed by atoms with Gasteiger partial charge < -0.3 is 19.5 Å². The molecule has 6 nitrogen and oxygen atoms in total. The summed E-state index contributed by atoms with van der Waals surface area (Å²) in [5.41, 5.74) is 0.753. The van der Waals surface area contributed by atoms with Crippen LogP contribution in [0.2, 0.25) is 5.02 Å². The summed E-state index contributed by atoms with van der Waals surface area (Å²) in [5, 5.41) is 2.93. The molecule has 0 bridgehead atoms. The molecule has 0 atom stereocenters. The molecule has 1 heterocycles. The predicted molar refractivity (Wildman–Crippen MR) is 99.6 cm³/mol. The van der Waals surface area contributed by atoms with E-state index in [-0.39, 0.29) is 10.6 Å². The molecule has 8 heteroatoms. The van der Waals surface area contributed by atoms with Gasteiger partial charge in [-0.15, -0.1) is 11.8 Å². The van der Waals surface area contributed by atoms with Crippen molar-refractivity contribution in [3.05, 3.63) is 47.0 Å². The average molecular weight is 394 g/mol. The molecule has 0 aliphatic carbocycles. The van der Waals surface area contributed by atoms with Crippen LogP contribution in [0.3, 0.4) is 0 Å². The minimum atomic E-state index is -0.650. The lowest BCUT2D eigenvalue weighted by atomic mass is 10.2. The van der Waals surface area contributed by atoms with Crippen molar-refractivity contribution in [1.29, 1.82) is 0 Å². The minimum absolute atomic E-state index is 0.227. The molecule has 0 fully saturated rings. The summed E-state index contributed by atoms with van der Waals surface area (Å²) >= 11 is 7.50. The number of benzene rings is 2. The summed E-state index contributed by atoms with van der Waals surface area (Å²) in [6.07, 6.45) is 1.89. The number of hydrogen-bond acceptors (Lipinski definition) is 6. The standard InChI is InChI=1S/C18H16ClNO5S/c1-26-12-3-4-14(19)13(9-12)18(22)25-10-17(21)20-11-2-5-15-16(8-11)24-7-6-23-15/h2-5,8-9H,6-7,10H2,1H3,(H,20,21). The summed E-state index contributed by atoms with van der Waals surface area (Å²) in [6.45, 7) is 0.528. The van der Waals surface area contributed by atoms with E-state index < -0.39 is 18.5 Å². The first-order chi connectivity index (χ1) is 12.6. The molecule has 1 amide bonds. The van der Waals surface area contributed by atoms with Gasteiger partial charge in [0.2, 0.25) is 0 Å². The number of ether oxygens (including phenoxy) is 3. The van der Waals surface area contributed by atoms with Crippen LogP contribution < -0.4 is 14.8 Å². The molecule has 1 aliphatic heterocycles. The van der Waals surface area contributed by atoms with E-state index in [4.69, 9.17) is 25.8 Å². The maximum atomic E-state index is 12.1. The molecule has 2 aromatic carbocycles. The van der Waals surface area contributed by atoms with Crippen LogP contribution in [0.5, 0.6) is 11.5 Å². The van der Waals surface area contributed by atoms with E-state index in [1.807, 2.05) is 6.26 Å². The largest absolute Gasteiger partial charge is 0.486 e. The number of thioether (sulfide) groups is 1. The second-order valence-electron chi connectivity index (χ2n) is 5.33. The monoisotopic (exact) mass is 393 g/mol. The van der Waals surface area contributed by atoms with Crippen molar-refractivity contribution >= 4 is 40.9 Å². The van der Waals surface area contributed by atoms with Crippen molar-refractivity contribution in [3.8, 4) is 11.5 Å². The Labute approximate surface area is 159 Å². The van der Waals surface area contributed by atoms with Gasteiger partial charge in [0.15, 0.2) is 18.1 Å². The van der Waals surface area contributed by atoms with Crippen LogP contribution >= 0.6 is 23.4 Å². The SMILES string of the molecule is CSc1ccc(Cl)c(C(=O)OCC(=O)Nc2ccc3c(c2)OCCO3)c1. The highest BCUT2D eigenvalue weighted by Gasteiger charge is 2.16. The molecule has 0 saturated carbocycles. The summed E-state index contributed by atoms with van der Waals surface area (Å²) in [6, 6.07) is 10.1. The Bertz CT molecular complexity index is 842. The number of esters is 1. The lowest BCUT2D eigenvalue weighted by molar-refractivity contribution is -0.119. The Morgan fingerprint density at radius 3 is 2.69 bits per heavy atom. The van der Waals surface area contributed by atoms with Gasteiger partial charge in [-0.1, -0.05) is 11.6 Å². The van der Waals surface area contributed by atoms with Gasteiger partial charge in [0.25, 0.3) is 5.91 Å². The van der Waals surface area contributed by atoms with Crippen LogP contribution in [0, 0.1) is 0 Å². The average Bonchev–Trinajstić information content (AvgIpc) is 2.66. The van der Waals surface area contributed by atoms with Crippen molar-refractivity contribution in [2.75, 3.05) is 31.4 Å². The van der Waals surface area contributed by atoms with E-state index in [0.717, 1.165) is 4.90 Å². The van der Waals surface area contributed by atoms with E-state index in [0.29, 0.717) is 30.4 Å². The first-order valence-electron chi connectivity index (χ1n) is 7.77. The lowest BCUT2D eigenvalue weighted by Crippen LogP contribution is -2.21. The van der Waals surface area contributed by atoms with Gasteiger partial charge in [-0.2, -0.15) is 0 Å². The molecular formula is C18H16ClNO5S. The number of halogens is 1. The molecule has 2 aromatic rings. The molecular weight excluding hydrogens is 378 g/mol. The molecule has 1 N–H and O–H groups in total. The van der Waals surface area contributed by atoms with Crippen molar-refractivity contribution < 1.29 is 23.8 Å². The first-order valence-corrected chi connectivity index (χ1v) is 9.37. The number of hydrogen-bond donors (Lipinski definition) is 1. The summed E-state index contributed by atoms with van der Waals surface area (Å²) in [7, 11) is 0. The zero-order chi connectivity index (χ0) is 18.5. The Balaban J connectivity index is 1.58. The van der Waals surface area contributed by atoms with Crippen LogP contribution in [-0.4, -0.2) is 38.0 Å². The van der Waals surface area contributed by atoms with E-state index in [9.17, 15) is 9.59 Å². The second kappa shape index (κ2) is 8.33. The van der Waals surface area contributed by atoms with E-state index >= 15 is 0 Å². The van der Waals surface area contributed by atoms with Crippen LogP contribution in [-0.2, 0) is 9.53 Å². The van der Waals surface area contributed by atoms with Crippen molar-refractivity contribution in [2.45, 2.75) is 4.90 Å². The predicted octanol–water partition coefficient (Wildman–Crippen LogP) is 3.63. The number of rotatable bonds is 5. The molecule has 26 heavy (non-hydrogen) atoms. The number of fused-ring (bicyclic) bond motifs is 1. The fourth-order valence-electron chi connectivity index (χ4n) is 2.31. The van der Waals surface area contributed by atoms with Crippen molar-refractivity contribution in [1.82, 2.24) is 0 Å². The Hall–Kier alpha value is -2.38. The molecule has 136 valence electrons. The van der Waals surface area contributed by atoms with Crippen molar-refractivity contribution in [3.63, 3.8) is 0 Å². The maximum absolute atomic E-state index is 12.1. The molecule has 0 unspecified atom stereocenters. The van der Waals surface area contributed by atoms with E-state index in [2.05, 4.69) is 5.32 Å². The van der Waals surface area contributed by atoms with E-state index in [1.54, 1.807) is 36.4 Å². The molecule has 0 saturated heterocycles. The maximum Gasteiger partial charge on any atom is 0.340 e. The number of nitrogens with one attached hydrogen (secondary N) is 1. The second-order valence-corrected chi connectivity index (χ2v) is 6.62. The Morgan fingerprint density at radius 2 is 1.92 bits per heavy atom. The minimum Gasteiger partial charge on any atom is -0.486 e. The van der Waals surface area contributed by atoms with Gasteiger partial charge in [0.05, 0.1) is 10.6 Å². The third-order valence-corrected chi connectivity index (χ3v) is 4.61. The summed E-state index contributed by atoms with van der Waals surface area (Å²) < 4.78 is 15.9. The van der Waals surface area contributed by atoms with Crippen LogP contribution in [0.1, 0.15) is 10.4 Å². The van der Waals surface area contributed by atoms with Crippen molar-refractivity contribution in [2.24, 2.45) is 0 Å². The van der Waals surface area contributed by atoms with Gasteiger partial charge in [-0.25, -0.2) is 4.79 Å². The zero-order valence-electron chi connectivity index (χ0n) is 13.9. The Morgan fingerprint density at radius 1 is 1.15 bits per heavy atom. The third-order valence-electron chi connectivity index (χ3n) is 3.55. The summed E-state index contributed by atoms with van der Waals surface area (Å²) in [5.74, 6) is 0.0751. The lowest BCUT2D eigenvalue weighted by Gasteiger charge is -2.19. The number of amides is 1. The van der Waals surface area contributed by atoms with Crippen LogP contribution in [0.15, 0.2) is 41.3 Å². The fraction of sp³-hybridized carbons (Fsp3) is 0.222. The Kier molecular flexibility index (Phi) is 5.90. The normalized spacial score (nSPS) is 12.4. The highest BCUT2D eigenvalue weighted by atomic mass is 35.5. The van der Waals surface area contributed by atoms with Gasteiger partial charge in [0.1, 0.15) is 13.2 Å². The smallest absolute Gasteiger partial charge is 0.340 e. The molecule has 3 rings (SSSR count). The molecule has 0 radical (unpaired) electrons. The van der Waals surface area contributed by atoms with Crippen LogP contribution in [0.25, 0.3) is 0 Å². The first kappa shape index (κ1) is 18.4. The highest BCUT2D eigenvalue weighted by molar-refractivity contribution is 7.98. The van der Waals surface area contributed by atoms with Gasteiger partial charge in [-0.3, -0.25) is 4.79 Å². The van der Waals surface area contributed by atoms with E-state index in [1.165, 1.54) is 11.8 Å². The summed E-state index contributed by atoms with van der Waals surface area (Å²) in [4.78, 5) is 25.1. The number of carbonyl (C=O) groups is 2. The molecule has 0 spiro atoms. The zero-order valence-corrected chi connectivity index (χ0v) is 15.5. The van der Waals surface area contributed by atoms with Gasteiger partial charge >= 0.3 is 5.97 Å². The molecule has 1 aliphatic rings. The quantitative estimate of drug-likeness (QED) is 0.617. The fourth-order valence-corrected chi connectivity index (χ4v) is 2.95. The third kappa shape index (κ3) is 4.42.